The molecule has 1 aliphatic heterocycles. The van der Waals surface area contributed by atoms with Crippen LogP contribution in [0.15, 0.2) is 27.6 Å². The fourth-order valence-corrected chi connectivity index (χ4v) is 5.05. The third-order valence-electron chi connectivity index (χ3n) is 6.30. The number of piperazine rings is 1. The number of rotatable bonds is 7. The van der Waals surface area contributed by atoms with Gasteiger partial charge in [0.2, 0.25) is 5.82 Å². The summed E-state index contributed by atoms with van der Waals surface area (Å²) in [5, 5.41) is 3.61. The first kappa shape index (κ1) is 22.9. The molecule has 2 heterocycles. The molecule has 2 aliphatic rings. The van der Waals surface area contributed by atoms with E-state index in [1.54, 1.807) is 0 Å². The average Bonchev–Trinajstić information content (AvgIpc) is 3.27. The van der Waals surface area contributed by atoms with E-state index in [4.69, 9.17) is 9.26 Å². The van der Waals surface area contributed by atoms with E-state index in [-0.39, 0.29) is 16.5 Å². The SMILES string of the molecule is CS(=O)(=O)c1ccc(OCC2CCC(N3CCN(c4nc(CF)no4)CC3)CC2)c(F)c1. The van der Waals surface area contributed by atoms with Crippen molar-refractivity contribution in [1.82, 2.24) is 15.0 Å². The van der Waals surface area contributed by atoms with E-state index < -0.39 is 22.3 Å². The monoisotopic (exact) mass is 470 g/mol. The minimum Gasteiger partial charge on any atom is -0.490 e. The lowest BCUT2D eigenvalue weighted by atomic mass is 9.85. The lowest BCUT2D eigenvalue weighted by molar-refractivity contribution is 0.109. The molecule has 0 bridgehead atoms. The van der Waals surface area contributed by atoms with Crippen LogP contribution < -0.4 is 9.64 Å². The molecule has 0 atom stereocenters. The van der Waals surface area contributed by atoms with Crippen molar-refractivity contribution in [3.05, 3.63) is 29.8 Å². The van der Waals surface area contributed by atoms with Gasteiger partial charge in [-0.1, -0.05) is 5.16 Å². The minimum atomic E-state index is -3.44. The van der Waals surface area contributed by atoms with Crippen LogP contribution in [0.25, 0.3) is 0 Å². The number of hydrogen-bond donors (Lipinski definition) is 0. The summed E-state index contributed by atoms with van der Waals surface area (Å²) in [6.07, 6.45) is 5.15. The molecule has 1 aromatic heterocycles. The molecule has 0 amide bonds. The van der Waals surface area contributed by atoms with Crippen LogP contribution in [0, 0.1) is 11.7 Å². The molecule has 0 N–H and O–H groups in total. The second-order valence-electron chi connectivity index (χ2n) is 8.50. The molecule has 11 heteroatoms. The molecule has 4 rings (SSSR count). The first-order chi connectivity index (χ1) is 15.3. The molecule has 1 aromatic carbocycles. The summed E-state index contributed by atoms with van der Waals surface area (Å²) in [6.45, 7) is 2.99. The summed E-state index contributed by atoms with van der Waals surface area (Å²) in [5.74, 6) is -0.139. The van der Waals surface area contributed by atoms with Gasteiger partial charge in [-0.25, -0.2) is 17.2 Å². The largest absolute Gasteiger partial charge is 0.490 e. The van der Waals surface area contributed by atoms with E-state index in [0.29, 0.717) is 24.6 Å². The lowest BCUT2D eigenvalue weighted by Crippen LogP contribution is -2.51. The molecular formula is C21H28F2N4O4S. The van der Waals surface area contributed by atoms with E-state index in [2.05, 4.69) is 15.0 Å². The van der Waals surface area contributed by atoms with Gasteiger partial charge in [-0.2, -0.15) is 4.98 Å². The summed E-state index contributed by atoms with van der Waals surface area (Å²) in [6, 6.07) is 4.65. The van der Waals surface area contributed by atoms with Gasteiger partial charge in [0.25, 0.3) is 0 Å². The molecule has 1 aliphatic carbocycles. The van der Waals surface area contributed by atoms with E-state index in [1.165, 1.54) is 12.1 Å². The number of ether oxygens (including phenoxy) is 1. The van der Waals surface area contributed by atoms with E-state index in [1.807, 2.05) is 4.90 Å². The van der Waals surface area contributed by atoms with Crippen molar-refractivity contribution in [3.63, 3.8) is 0 Å². The number of alkyl halides is 1. The Kier molecular flexibility index (Phi) is 6.94. The van der Waals surface area contributed by atoms with Crippen LogP contribution in [0.3, 0.4) is 0 Å². The van der Waals surface area contributed by atoms with Gasteiger partial charge < -0.3 is 14.2 Å². The van der Waals surface area contributed by atoms with Crippen LogP contribution in [0.4, 0.5) is 14.8 Å². The maximum atomic E-state index is 14.2. The van der Waals surface area contributed by atoms with Gasteiger partial charge in [-0.15, -0.1) is 0 Å². The van der Waals surface area contributed by atoms with Gasteiger partial charge in [0.05, 0.1) is 11.5 Å². The van der Waals surface area contributed by atoms with Crippen LogP contribution in [0.1, 0.15) is 31.5 Å². The molecule has 2 aromatic rings. The Morgan fingerprint density at radius 2 is 1.88 bits per heavy atom. The van der Waals surface area contributed by atoms with Crippen molar-refractivity contribution in [2.24, 2.45) is 5.92 Å². The van der Waals surface area contributed by atoms with Crippen LogP contribution >= 0.6 is 0 Å². The summed E-state index contributed by atoms with van der Waals surface area (Å²) in [7, 11) is -3.44. The first-order valence-electron chi connectivity index (χ1n) is 10.8. The predicted octanol–water partition coefficient (Wildman–Crippen LogP) is 2.84. The van der Waals surface area contributed by atoms with E-state index >= 15 is 0 Å². The van der Waals surface area contributed by atoms with Crippen LogP contribution in [0.2, 0.25) is 0 Å². The molecule has 0 unspecified atom stereocenters. The molecule has 1 saturated heterocycles. The highest BCUT2D eigenvalue weighted by Gasteiger charge is 2.30. The molecule has 8 nitrogen and oxygen atoms in total. The molecule has 0 spiro atoms. The molecular weight excluding hydrogens is 442 g/mol. The van der Waals surface area contributed by atoms with Gasteiger partial charge in [0.15, 0.2) is 28.1 Å². The number of nitrogens with zero attached hydrogens (tertiary/aromatic N) is 4. The Morgan fingerprint density at radius 1 is 1.16 bits per heavy atom. The van der Waals surface area contributed by atoms with Crippen molar-refractivity contribution in [2.75, 3.05) is 43.9 Å². The highest BCUT2D eigenvalue weighted by atomic mass is 32.2. The number of anilines is 1. The quantitative estimate of drug-likeness (QED) is 0.611. The fraction of sp³-hybridized carbons (Fsp3) is 0.619. The number of aromatic nitrogens is 2. The number of sulfone groups is 1. The zero-order valence-electron chi connectivity index (χ0n) is 18.0. The van der Waals surface area contributed by atoms with Crippen molar-refractivity contribution in [2.45, 2.75) is 43.3 Å². The minimum absolute atomic E-state index is 0.0510. The maximum Gasteiger partial charge on any atom is 0.324 e. The number of halogens is 2. The third-order valence-corrected chi connectivity index (χ3v) is 7.41. The Hall–Kier alpha value is -2.27. The standard InChI is InChI=1S/C21H28F2N4O4S/c1-32(28,29)17-6-7-19(18(23)12-17)30-14-15-2-4-16(5-3-15)26-8-10-27(11-9-26)21-24-20(13-22)25-31-21/h6-7,12,15-16H,2-5,8-11,13-14H2,1H3. The van der Waals surface area contributed by atoms with Crippen molar-refractivity contribution in [3.8, 4) is 5.75 Å². The van der Waals surface area contributed by atoms with Crippen LogP contribution in [0.5, 0.6) is 5.75 Å². The van der Waals surface area contributed by atoms with Crippen molar-refractivity contribution < 1.29 is 26.5 Å². The lowest BCUT2D eigenvalue weighted by Gasteiger charge is -2.41. The Labute approximate surface area is 186 Å². The summed E-state index contributed by atoms with van der Waals surface area (Å²) in [5.41, 5.74) is 0. The smallest absolute Gasteiger partial charge is 0.324 e. The average molecular weight is 471 g/mol. The summed E-state index contributed by atoms with van der Waals surface area (Å²) in [4.78, 5) is 8.47. The van der Waals surface area contributed by atoms with Crippen molar-refractivity contribution in [1.29, 1.82) is 0 Å². The second-order valence-corrected chi connectivity index (χ2v) is 10.5. The predicted molar refractivity (Wildman–Crippen MR) is 114 cm³/mol. The van der Waals surface area contributed by atoms with E-state index in [9.17, 15) is 17.2 Å². The molecule has 32 heavy (non-hydrogen) atoms. The van der Waals surface area contributed by atoms with Crippen molar-refractivity contribution >= 4 is 15.9 Å². The topological polar surface area (TPSA) is 88.8 Å². The third kappa shape index (κ3) is 5.37. The van der Waals surface area contributed by atoms with Gasteiger partial charge in [-0.3, -0.25) is 4.90 Å². The molecule has 2 fully saturated rings. The van der Waals surface area contributed by atoms with Gasteiger partial charge in [-0.05, 0) is 49.8 Å². The zero-order valence-corrected chi connectivity index (χ0v) is 18.9. The summed E-state index contributed by atoms with van der Waals surface area (Å²) < 4.78 is 60.6. The number of hydrogen-bond acceptors (Lipinski definition) is 8. The Morgan fingerprint density at radius 3 is 2.47 bits per heavy atom. The first-order valence-corrected chi connectivity index (χ1v) is 12.7. The maximum absolute atomic E-state index is 14.2. The highest BCUT2D eigenvalue weighted by Crippen LogP contribution is 2.30. The Balaban J connectivity index is 1.21. The number of benzene rings is 1. The van der Waals surface area contributed by atoms with Crippen LogP contribution in [-0.4, -0.2) is 68.5 Å². The van der Waals surface area contributed by atoms with Gasteiger partial charge in [0, 0.05) is 38.5 Å². The molecule has 1 saturated carbocycles. The summed E-state index contributed by atoms with van der Waals surface area (Å²) >= 11 is 0. The fourth-order valence-electron chi connectivity index (χ4n) is 4.42. The van der Waals surface area contributed by atoms with E-state index in [0.717, 1.165) is 64.2 Å². The second kappa shape index (κ2) is 9.70. The van der Waals surface area contributed by atoms with Crippen LogP contribution in [-0.2, 0) is 16.5 Å². The zero-order chi connectivity index (χ0) is 22.7. The highest BCUT2D eigenvalue weighted by molar-refractivity contribution is 7.90. The molecule has 0 radical (unpaired) electrons. The molecule has 176 valence electrons. The van der Waals surface area contributed by atoms with Gasteiger partial charge >= 0.3 is 6.01 Å². The Bertz CT molecular complexity index is 1020. The van der Waals surface area contributed by atoms with Gasteiger partial charge in [0.1, 0.15) is 0 Å². The normalized spacial score (nSPS) is 22.8.